The molecule has 30 heavy (non-hydrogen) atoms. The lowest BCUT2D eigenvalue weighted by atomic mass is 10.1. The molecule has 3 aromatic rings. The van der Waals surface area contributed by atoms with Crippen molar-refractivity contribution in [2.45, 2.75) is 0 Å². The quantitative estimate of drug-likeness (QED) is 0.505. The molecule has 0 unspecified atom stereocenters. The summed E-state index contributed by atoms with van der Waals surface area (Å²) in [5.41, 5.74) is 2.55. The Morgan fingerprint density at radius 2 is 1.53 bits per heavy atom. The molecule has 148 valence electrons. The number of benzene rings is 3. The van der Waals surface area contributed by atoms with Crippen molar-refractivity contribution < 1.29 is 14.3 Å². The molecule has 0 aliphatic carbocycles. The topological polar surface area (TPSA) is 51.1 Å². The second-order valence-corrected chi connectivity index (χ2v) is 7.57. The number of aliphatic imine (C=N–C) groups is 1. The van der Waals surface area contributed by atoms with Gasteiger partial charge in [-0.2, -0.15) is 0 Å². The molecule has 2 aliphatic heterocycles. The molecular formula is C23H14Cl2N2O3. The zero-order valence-electron chi connectivity index (χ0n) is 15.5. The number of anilines is 1. The van der Waals surface area contributed by atoms with Crippen molar-refractivity contribution in [3.05, 3.63) is 93.6 Å². The lowest BCUT2D eigenvalue weighted by Gasteiger charge is -2.18. The highest BCUT2D eigenvalue weighted by atomic mass is 35.5. The number of halogens is 2. The van der Waals surface area contributed by atoms with Gasteiger partial charge in [-0.05, 0) is 72.3 Å². The average molecular weight is 437 g/mol. The molecule has 0 saturated carbocycles. The molecule has 5 nitrogen and oxygen atoms in total. The summed E-state index contributed by atoms with van der Waals surface area (Å²) in [7, 11) is 0. The standard InChI is InChI=1S/C23H14Cl2N2O3/c24-16-4-2-15(3-5-16)22-26-19(11-14-1-10-20-21(12-14)30-13-29-20)23(28)27(22)18-8-6-17(25)7-9-18/h1-12H,13H2/b19-11+. The van der Waals surface area contributed by atoms with Crippen LogP contribution in [-0.4, -0.2) is 18.5 Å². The minimum atomic E-state index is -0.236. The minimum Gasteiger partial charge on any atom is -0.454 e. The van der Waals surface area contributed by atoms with Crippen LogP contribution in [0.15, 0.2) is 77.4 Å². The molecule has 0 N–H and O–H groups in total. The average Bonchev–Trinajstić information content (AvgIpc) is 3.34. The number of amides is 1. The second kappa shape index (κ2) is 7.52. The number of carbonyl (C=O) groups is 1. The predicted molar refractivity (Wildman–Crippen MR) is 117 cm³/mol. The van der Waals surface area contributed by atoms with Gasteiger partial charge in [0, 0.05) is 15.6 Å². The van der Waals surface area contributed by atoms with Gasteiger partial charge >= 0.3 is 0 Å². The lowest BCUT2D eigenvalue weighted by Crippen LogP contribution is -2.32. The zero-order chi connectivity index (χ0) is 20.7. The molecule has 0 saturated heterocycles. The highest BCUT2D eigenvalue weighted by molar-refractivity contribution is 6.34. The molecule has 0 bridgehead atoms. The zero-order valence-corrected chi connectivity index (χ0v) is 17.0. The Kier molecular flexibility index (Phi) is 4.69. The Balaban J connectivity index is 1.59. The van der Waals surface area contributed by atoms with E-state index in [1.54, 1.807) is 47.4 Å². The van der Waals surface area contributed by atoms with Crippen LogP contribution >= 0.6 is 23.2 Å². The van der Waals surface area contributed by atoms with E-state index in [0.29, 0.717) is 38.8 Å². The molecule has 3 aromatic carbocycles. The van der Waals surface area contributed by atoms with Crippen molar-refractivity contribution in [2.24, 2.45) is 4.99 Å². The monoisotopic (exact) mass is 436 g/mol. The van der Waals surface area contributed by atoms with E-state index < -0.39 is 0 Å². The van der Waals surface area contributed by atoms with Crippen LogP contribution in [0.3, 0.4) is 0 Å². The minimum absolute atomic E-state index is 0.192. The molecule has 2 heterocycles. The van der Waals surface area contributed by atoms with E-state index in [0.717, 1.165) is 11.1 Å². The van der Waals surface area contributed by atoms with Crippen LogP contribution in [-0.2, 0) is 4.79 Å². The largest absolute Gasteiger partial charge is 0.454 e. The van der Waals surface area contributed by atoms with Crippen LogP contribution in [0, 0.1) is 0 Å². The molecule has 0 atom stereocenters. The second-order valence-electron chi connectivity index (χ2n) is 6.70. The van der Waals surface area contributed by atoms with Crippen molar-refractivity contribution in [3.8, 4) is 11.5 Å². The number of rotatable bonds is 3. The van der Waals surface area contributed by atoms with Gasteiger partial charge in [0.25, 0.3) is 5.91 Å². The van der Waals surface area contributed by atoms with E-state index in [-0.39, 0.29) is 12.7 Å². The van der Waals surface area contributed by atoms with Gasteiger partial charge in [-0.3, -0.25) is 9.69 Å². The van der Waals surface area contributed by atoms with Crippen LogP contribution in [0.1, 0.15) is 11.1 Å². The van der Waals surface area contributed by atoms with Crippen LogP contribution in [0.5, 0.6) is 11.5 Å². The van der Waals surface area contributed by atoms with E-state index in [1.165, 1.54) is 0 Å². The highest BCUT2D eigenvalue weighted by Gasteiger charge is 2.32. The van der Waals surface area contributed by atoms with Crippen molar-refractivity contribution in [1.82, 2.24) is 0 Å². The third kappa shape index (κ3) is 3.43. The van der Waals surface area contributed by atoms with E-state index in [1.807, 2.05) is 30.3 Å². The van der Waals surface area contributed by atoms with Crippen molar-refractivity contribution >= 4 is 46.7 Å². The summed E-state index contributed by atoms with van der Waals surface area (Å²) in [6.07, 6.45) is 1.73. The molecule has 2 aliphatic rings. The molecule has 1 amide bonds. The van der Waals surface area contributed by atoms with Crippen molar-refractivity contribution in [2.75, 3.05) is 11.7 Å². The molecule has 0 radical (unpaired) electrons. The van der Waals surface area contributed by atoms with Gasteiger partial charge in [0.15, 0.2) is 11.5 Å². The van der Waals surface area contributed by atoms with Gasteiger partial charge in [0.2, 0.25) is 6.79 Å². The number of hydrogen-bond acceptors (Lipinski definition) is 4. The van der Waals surface area contributed by atoms with E-state index in [2.05, 4.69) is 4.99 Å². The number of amidine groups is 1. The Morgan fingerprint density at radius 1 is 0.867 bits per heavy atom. The maximum atomic E-state index is 13.3. The van der Waals surface area contributed by atoms with Gasteiger partial charge in [-0.15, -0.1) is 0 Å². The first-order chi connectivity index (χ1) is 14.6. The van der Waals surface area contributed by atoms with E-state index in [9.17, 15) is 4.79 Å². The SMILES string of the molecule is O=C1/C(=C\c2ccc3c(c2)OCO3)N=C(c2ccc(Cl)cc2)N1c1ccc(Cl)cc1. The summed E-state index contributed by atoms with van der Waals surface area (Å²) in [5, 5.41) is 1.20. The van der Waals surface area contributed by atoms with Gasteiger partial charge in [0.05, 0.1) is 5.69 Å². The van der Waals surface area contributed by atoms with Crippen LogP contribution < -0.4 is 14.4 Å². The van der Waals surface area contributed by atoms with Crippen molar-refractivity contribution in [3.63, 3.8) is 0 Å². The fourth-order valence-electron chi connectivity index (χ4n) is 3.30. The number of ether oxygens (including phenoxy) is 2. The van der Waals surface area contributed by atoms with Gasteiger partial charge in [-0.1, -0.05) is 29.3 Å². The predicted octanol–water partition coefficient (Wildman–Crippen LogP) is 5.56. The third-order valence-electron chi connectivity index (χ3n) is 4.75. The Hall–Kier alpha value is -3.28. The first-order valence-corrected chi connectivity index (χ1v) is 9.90. The fourth-order valence-corrected chi connectivity index (χ4v) is 3.55. The van der Waals surface area contributed by atoms with E-state index >= 15 is 0 Å². The van der Waals surface area contributed by atoms with Gasteiger partial charge in [0.1, 0.15) is 11.5 Å². The number of hydrogen-bond donors (Lipinski definition) is 0. The maximum absolute atomic E-state index is 13.3. The summed E-state index contributed by atoms with van der Waals surface area (Å²) < 4.78 is 10.8. The molecule has 7 heteroatoms. The fraction of sp³-hybridized carbons (Fsp3) is 0.0435. The molecule has 0 spiro atoms. The molecule has 5 rings (SSSR count). The first-order valence-electron chi connectivity index (χ1n) is 9.14. The summed E-state index contributed by atoms with van der Waals surface area (Å²) in [6, 6.07) is 19.8. The summed E-state index contributed by atoms with van der Waals surface area (Å²) in [5.74, 6) is 1.61. The number of nitrogens with zero attached hydrogens (tertiary/aromatic N) is 2. The summed E-state index contributed by atoms with van der Waals surface area (Å²) >= 11 is 12.1. The molecular weight excluding hydrogens is 423 g/mol. The van der Waals surface area contributed by atoms with Crippen LogP contribution in [0.2, 0.25) is 10.0 Å². The Labute approximate surface area is 182 Å². The summed E-state index contributed by atoms with van der Waals surface area (Å²) in [4.78, 5) is 19.5. The highest BCUT2D eigenvalue weighted by Crippen LogP contribution is 2.34. The Bertz CT molecular complexity index is 1200. The summed E-state index contributed by atoms with van der Waals surface area (Å²) in [6.45, 7) is 0.192. The van der Waals surface area contributed by atoms with Crippen molar-refractivity contribution in [1.29, 1.82) is 0 Å². The van der Waals surface area contributed by atoms with Gasteiger partial charge < -0.3 is 9.47 Å². The molecule has 0 fully saturated rings. The smallest absolute Gasteiger partial charge is 0.282 e. The Morgan fingerprint density at radius 3 is 2.27 bits per heavy atom. The maximum Gasteiger partial charge on any atom is 0.282 e. The van der Waals surface area contributed by atoms with E-state index in [4.69, 9.17) is 32.7 Å². The first kappa shape index (κ1) is 18.7. The third-order valence-corrected chi connectivity index (χ3v) is 5.25. The normalized spacial score (nSPS) is 16.3. The van der Waals surface area contributed by atoms with Crippen LogP contribution in [0.4, 0.5) is 5.69 Å². The lowest BCUT2D eigenvalue weighted by molar-refractivity contribution is -0.113. The number of carbonyl (C=O) groups excluding carboxylic acids is 1. The van der Waals surface area contributed by atoms with Crippen LogP contribution in [0.25, 0.3) is 6.08 Å². The number of fused-ring (bicyclic) bond motifs is 1. The molecule has 0 aromatic heterocycles. The van der Waals surface area contributed by atoms with Gasteiger partial charge in [-0.25, -0.2) is 4.99 Å².